The van der Waals surface area contributed by atoms with Crippen LogP contribution in [0.4, 0.5) is 4.39 Å². The summed E-state index contributed by atoms with van der Waals surface area (Å²) < 4.78 is 26.7. The first-order valence-electron chi connectivity index (χ1n) is 9.46. The molecule has 0 radical (unpaired) electrons. The molecule has 0 saturated heterocycles. The number of esters is 1. The standard InChI is InChI=1S/C22H24BrFN2O4/c1-5-29-22(28)20-18(12-30-14-8-6-13(24)7-9-14)26(4)17-10-16(23)21(27)15(19(17)20)11-25(2)3/h6-10,27H,5,11-12H2,1-4H3. The molecule has 1 aromatic heterocycles. The summed E-state index contributed by atoms with van der Waals surface area (Å²) >= 11 is 3.41. The number of halogens is 2. The summed E-state index contributed by atoms with van der Waals surface area (Å²) in [6.45, 7) is 2.46. The Kier molecular flexibility index (Phi) is 6.67. The first kappa shape index (κ1) is 22.1. The van der Waals surface area contributed by atoms with Crippen LogP contribution in [-0.4, -0.2) is 41.2 Å². The second kappa shape index (κ2) is 9.06. The van der Waals surface area contributed by atoms with E-state index < -0.39 is 5.97 Å². The van der Waals surface area contributed by atoms with Crippen LogP contribution >= 0.6 is 15.9 Å². The van der Waals surface area contributed by atoms with Crippen LogP contribution in [0, 0.1) is 5.82 Å². The van der Waals surface area contributed by atoms with Crippen molar-refractivity contribution in [3.63, 3.8) is 0 Å². The van der Waals surface area contributed by atoms with Gasteiger partial charge >= 0.3 is 5.97 Å². The van der Waals surface area contributed by atoms with E-state index in [9.17, 15) is 14.3 Å². The van der Waals surface area contributed by atoms with E-state index in [1.54, 1.807) is 13.0 Å². The summed E-state index contributed by atoms with van der Waals surface area (Å²) in [5.41, 5.74) is 2.34. The minimum absolute atomic E-state index is 0.0742. The van der Waals surface area contributed by atoms with E-state index in [1.807, 2.05) is 30.6 Å². The molecule has 0 fully saturated rings. The van der Waals surface area contributed by atoms with Crippen molar-refractivity contribution in [2.45, 2.75) is 20.1 Å². The van der Waals surface area contributed by atoms with Gasteiger partial charge in [-0.05, 0) is 67.3 Å². The smallest absolute Gasteiger partial charge is 0.340 e. The normalized spacial score (nSPS) is 11.3. The van der Waals surface area contributed by atoms with Crippen LogP contribution in [0.25, 0.3) is 10.9 Å². The Hall–Kier alpha value is -2.58. The molecule has 3 aromatic rings. The van der Waals surface area contributed by atoms with Gasteiger partial charge in [-0.1, -0.05) is 0 Å². The van der Waals surface area contributed by atoms with Crippen LogP contribution < -0.4 is 4.74 Å². The van der Waals surface area contributed by atoms with Crippen molar-refractivity contribution in [3.05, 3.63) is 57.4 Å². The molecule has 2 aromatic carbocycles. The topological polar surface area (TPSA) is 63.9 Å². The molecule has 0 spiro atoms. The van der Waals surface area contributed by atoms with Gasteiger partial charge in [-0.3, -0.25) is 0 Å². The maximum absolute atomic E-state index is 13.2. The van der Waals surface area contributed by atoms with E-state index in [2.05, 4.69) is 15.9 Å². The van der Waals surface area contributed by atoms with Crippen molar-refractivity contribution in [2.75, 3.05) is 20.7 Å². The molecule has 0 aliphatic rings. The zero-order valence-electron chi connectivity index (χ0n) is 17.3. The summed E-state index contributed by atoms with van der Waals surface area (Å²) in [7, 11) is 5.60. The first-order chi connectivity index (χ1) is 14.2. The van der Waals surface area contributed by atoms with Crippen molar-refractivity contribution in [3.8, 4) is 11.5 Å². The predicted octanol–water partition coefficient (Wildman–Crippen LogP) is 4.60. The number of carbonyl (C=O) groups excluding carboxylic acids is 1. The molecular weight excluding hydrogens is 455 g/mol. The number of nitrogens with zero attached hydrogens (tertiary/aromatic N) is 2. The van der Waals surface area contributed by atoms with Gasteiger partial charge in [0.1, 0.15) is 23.9 Å². The molecule has 0 bridgehead atoms. The zero-order chi connectivity index (χ0) is 22.0. The number of aromatic nitrogens is 1. The van der Waals surface area contributed by atoms with E-state index in [0.29, 0.717) is 39.0 Å². The van der Waals surface area contributed by atoms with Gasteiger partial charge in [-0.2, -0.15) is 0 Å². The van der Waals surface area contributed by atoms with E-state index in [4.69, 9.17) is 9.47 Å². The molecule has 0 atom stereocenters. The van der Waals surface area contributed by atoms with E-state index in [-0.39, 0.29) is 24.8 Å². The summed E-state index contributed by atoms with van der Waals surface area (Å²) in [5.74, 6) is -0.275. The SMILES string of the molecule is CCOC(=O)c1c(COc2ccc(F)cc2)n(C)c2cc(Br)c(O)c(CN(C)C)c12. The molecule has 0 unspecified atom stereocenters. The highest BCUT2D eigenvalue weighted by Gasteiger charge is 2.27. The molecule has 8 heteroatoms. The lowest BCUT2D eigenvalue weighted by Gasteiger charge is -2.15. The Balaban J connectivity index is 2.19. The van der Waals surface area contributed by atoms with Crippen LogP contribution in [0.5, 0.6) is 11.5 Å². The number of phenolic OH excluding ortho intramolecular Hbond substituents is 1. The van der Waals surface area contributed by atoms with Gasteiger partial charge in [0.2, 0.25) is 0 Å². The van der Waals surface area contributed by atoms with E-state index in [0.717, 1.165) is 5.52 Å². The number of carbonyl (C=O) groups is 1. The van der Waals surface area contributed by atoms with Crippen molar-refractivity contribution < 1.29 is 23.8 Å². The zero-order valence-corrected chi connectivity index (χ0v) is 18.9. The number of aryl methyl sites for hydroxylation is 1. The fraction of sp³-hybridized carbons (Fsp3) is 0.318. The second-order valence-corrected chi connectivity index (χ2v) is 8.02. The average molecular weight is 479 g/mol. The highest BCUT2D eigenvalue weighted by molar-refractivity contribution is 9.10. The third kappa shape index (κ3) is 4.29. The van der Waals surface area contributed by atoms with Gasteiger partial charge in [0.05, 0.1) is 27.9 Å². The van der Waals surface area contributed by atoms with Crippen LogP contribution in [0.3, 0.4) is 0 Å². The van der Waals surface area contributed by atoms with Gasteiger partial charge in [0, 0.05) is 24.5 Å². The molecule has 0 amide bonds. The quantitative estimate of drug-likeness (QED) is 0.502. The Labute approximate surface area is 182 Å². The van der Waals surface area contributed by atoms with Crippen LogP contribution in [0.2, 0.25) is 0 Å². The number of rotatable bonds is 7. The fourth-order valence-electron chi connectivity index (χ4n) is 3.42. The third-order valence-electron chi connectivity index (χ3n) is 4.78. The Bertz CT molecular complexity index is 1080. The van der Waals surface area contributed by atoms with Gasteiger partial charge in [0.15, 0.2) is 0 Å². The highest BCUT2D eigenvalue weighted by atomic mass is 79.9. The molecule has 0 aliphatic carbocycles. The largest absolute Gasteiger partial charge is 0.506 e. The van der Waals surface area contributed by atoms with Crippen LogP contribution in [-0.2, 0) is 24.9 Å². The minimum Gasteiger partial charge on any atom is -0.506 e. The number of hydrogen-bond acceptors (Lipinski definition) is 5. The summed E-state index contributed by atoms with van der Waals surface area (Å²) in [6.07, 6.45) is 0. The molecule has 30 heavy (non-hydrogen) atoms. The molecule has 0 aliphatic heterocycles. The monoisotopic (exact) mass is 478 g/mol. The van der Waals surface area contributed by atoms with Crippen molar-refractivity contribution in [1.82, 2.24) is 9.47 Å². The summed E-state index contributed by atoms with van der Waals surface area (Å²) in [6, 6.07) is 7.46. The number of fused-ring (bicyclic) bond motifs is 1. The van der Waals surface area contributed by atoms with Gasteiger partial charge in [-0.15, -0.1) is 0 Å². The number of ether oxygens (including phenoxy) is 2. The third-order valence-corrected chi connectivity index (χ3v) is 5.39. The maximum Gasteiger partial charge on any atom is 0.340 e. The number of phenols is 1. The van der Waals surface area contributed by atoms with E-state index >= 15 is 0 Å². The fourth-order valence-corrected chi connectivity index (χ4v) is 3.88. The summed E-state index contributed by atoms with van der Waals surface area (Å²) in [4.78, 5) is 14.8. The number of benzene rings is 2. The van der Waals surface area contributed by atoms with Gasteiger partial charge < -0.3 is 24.0 Å². The van der Waals surface area contributed by atoms with Crippen LogP contribution in [0.1, 0.15) is 28.5 Å². The lowest BCUT2D eigenvalue weighted by molar-refractivity contribution is 0.0525. The van der Waals surface area contributed by atoms with Gasteiger partial charge in [-0.25, -0.2) is 9.18 Å². The summed E-state index contributed by atoms with van der Waals surface area (Å²) in [5, 5.41) is 11.3. The Morgan fingerprint density at radius 2 is 1.93 bits per heavy atom. The van der Waals surface area contributed by atoms with Crippen LogP contribution in [0.15, 0.2) is 34.8 Å². The lowest BCUT2D eigenvalue weighted by atomic mass is 10.0. The molecule has 0 saturated carbocycles. The maximum atomic E-state index is 13.2. The minimum atomic E-state index is -0.484. The second-order valence-electron chi connectivity index (χ2n) is 7.16. The highest BCUT2D eigenvalue weighted by Crippen LogP contribution is 2.40. The number of aromatic hydroxyl groups is 1. The molecule has 3 rings (SSSR count). The molecule has 1 N–H and O–H groups in total. The predicted molar refractivity (Wildman–Crippen MR) is 116 cm³/mol. The molecule has 160 valence electrons. The van der Waals surface area contributed by atoms with Crippen molar-refractivity contribution in [2.24, 2.45) is 7.05 Å². The van der Waals surface area contributed by atoms with E-state index in [1.165, 1.54) is 24.3 Å². The van der Waals surface area contributed by atoms with Crippen molar-refractivity contribution >= 4 is 32.8 Å². The lowest BCUT2D eigenvalue weighted by Crippen LogP contribution is -2.13. The molecule has 6 nitrogen and oxygen atoms in total. The number of hydrogen-bond donors (Lipinski definition) is 1. The molecule has 1 heterocycles. The first-order valence-corrected chi connectivity index (χ1v) is 10.3. The van der Waals surface area contributed by atoms with Crippen molar-refractivity contribution in [1.29, 1.82) is 0 Å². The van der Waals surface area contributed by atoms with Gasteiger partial charge in [0.25, 0.3) is 0 Å². The Morgan fingerprint density at radius 1 is 1.27 bits per heavy atom. The molecular formula is C22H24BrFN2O4. The average Bonchev–Trinajstić information content (AvgIpc) is 2.96. The Morgan fingerprint density at radius 3 is 2.53 bits per heavy atom.